The third kappa shape index (κ3) is 7.47. The summed E-state index contributed by atoms with van der Waals surface area (Å²) in [5.41, 5.74) is 5.83. The van der Waals surface area contributed by atoms with Gasteiger partial charge in [0.1, 0.15) is 12.4 Å². The lowest BCUT2D eigenvalue weighted by Crippen LogP contribution is -2.17. The van der Waals surface area contributed by atoms with Gasteiger partial charge in [0, 0.05) is 17.1 Å². The molecule has 0 aliphatic rings. The first kappa shape index (κ1) is 20.7. The van der Waals surface area contributed by atoms with Gasteiger partial charge in [-0.2, -0.15) is 5.10 Å². The second kappa shape index (κ2) is 11.1. The summed E-state index contributed by atoms with van der Waals surface area (Å²) in [6, 6.07) is 25.9. The number of carbonyl (C=O) groups is 1. The number of nitrogens with zero attached hydrogens (tertiary/aromatic N) is 1. The number of carbonyl (C=O) groups excluding carboxylic acids is 1. The summed E-state index contributed by atoms with van der Waals surface area (Å²) in [5.74, 6) is 1.42. The molecule has 0 bridgehead atoms. The first-order valence-electron chi connectivity index (χ1n) is 9.47. The zero-order valence-corrected chi connectivity index (χ0v) is 17.2. The van der Waals surface area contributed by atoms with Crippen LogP contribution in [0, 0.1) is 6.92 Å². The van der Waals surface area contributed by atoms with Gasteiger partial charge in [-0.25, -0.2) is 5.43 Å². The molecule has 29 heavy (non-hydrogen) atoms. The van der Waals surface area contributed by atoms with Gasteiger partial charge < -0.3 is 4.74 Å². The molecule has 0 atom stereocenters. The Morgan fingerprint density at radius 3 is 2.45 bits per heavy atom. The first-order valence-corrected chi connectivity index (χ1v) is 10.5. The van der Waals surface area contributed by atoms with Crippen molar-refractivity contribution in [2.75, 3.05) is 5.75 Å². The Morgan fingerprint density at radius 2 is 1.72 bits per heavy atom. The van der Waals surface area contributed by atoms with Crippen LogP contribution in [0.15, 0.2) is 88.9 Å². The standard InChI is InChI=1S/C24H24N2O2S/c1-19-7-9-21(10-8-19)18-28-22-13-11-20(12-14-22)17-25-26-24(27)15-16-29-23-5-3-2-4-6-23/h2-14,17H,15-16,18H2,1H3,(H,26,27)/b25-17-. The van der Waals surface area contributed by atoms with Crippen LogP contribution in [-0.2, 0) is 11.4 Å². The van der Waals surface area contributed by atoms with Crippen LogP contribution in [0.2, 0.25) is 0 Å². The van der Waals surface area contributed by atoms with E-state index in [1.807, 2.05) is 54.6 Å². The Kier molecular flexibility index (Phi) is 7.90. The summed E-state index contributed by atoms with van der Waals surface area (Å²) in [5, 5.41) is 4.02. The lowest BCUT2D eigenvalue weighted by Gasteiger charge is -2.07. The zero-order valence-electron chi connectivity index (χ0n) is 16.4. The highest BCUT2D eigenvalue weighted by Crippen LogP contribution is 2.17. The Bertz CT molecular complexity index is 923. The molecule has 0 aliphatic carbocycles. The molecule has 0 heterocycles. The molecule has 4 nitrogen and oxygen atoms in total. The molecule has 1 amide bonds. The molecular formula is C24H24N2O2S. The zero-order chi connectivity index (χ0) is 20.3. The van der Waals surface area contributed by atoms with Crippen LogP contribution in [0.5, 0.6) is 5.75 Å². The molecule has 0 fully saturated rings. The average molecular weight is 405 g/mol. The Labute approximate surface area is 176 Å². The predicted molar refractivity (Wildman–Crippen MR) is 119 cm³/mol. The number of thioether (sulfide) groups is 1. The topological polar surface area (TPSA) is 50.7 Å². The van der Waals surface area contributed by atoms with Gasteiger partial charge in [0.25, 0.3) is 0 Å². The van der Waals surface area contributed by atoms with Gasteiger partial charge in [-0.05, 0) is 54.4 Å². The Morgan fingerprint density at radius 1 is 1.00 bits per heavy atom. The van der Waals surface area contributed by atoms with Crippen LogP contribution in [0.1, 0.15) is 23.1 Å². The van der Waals surface area contributed by atoms with Crippen molar-refractivity contribution in [2.45, 2.75) is 24.8 Å². The molecule has 5 heteroatoms. The molecule has 3 rings (SSSR count). The summed E-state index contributed by atoms with van der Waals surface area (Å²) in [4.78, 5) is 13.0. The molecule has 0 unspecified atom stereocenters. The summed E-state index contributed by atoms with van der Waals surface area (Å²) >= 11 is 1.66. The normalized spacial score (nSPS) is 10.8. The molecule has 0 aromatic heterocycles. The summed E-state index contributed by atoms with van der Waals surface area (Å²) in [7, 11) is 0. The molecule has 1 N–H and O–H groups in total. The van der Waals surface area contributed by atoms with Crippen LogP contribution in [-0.4, -0.2) is 17.9 Å². The van der Waals surface area contributed by atoms with Crippen LogP contribution < -0.4 is 10.2 Å². The number of ether oxygens (including phenoxy) is 1. The lowest BCUT2D eigenvalue weighted by atomic mass is 10.2. The van der Waals surface area contributed by atoms with Crippen LogP contribution in [0.4, 0.5) is 0 Å². The van der Waals surface area contributed by atoms with Crippen molar-refractivity contribution >= 4 is 23.9 Å². The highest BCUT2D eigenvalue weighted by Gasteiger charge is 2.01. The van der Waals surface area contributed by atoms with E-state index in [0.717, 1.165) is 27.5 Å². The number of nitrogens with one attached hydrogen (secondary N) is 1. The van der Waals surface area contributed by atoms with E-state index in [2.05, 4.69) is 41.7 Å². The minimum absolute atomic E-state index is 0.0947. The van der Waals surface area contributed by atoms with E-state index >= 15 is 0 Å². The van der Waals surface area contributed by atoms with Gasteiger partial charge in [-0.3, -0.25) is 4.79 Å². The lowest BCUT2D eigenvalue weighted by molar-refractivity contribution is -0.120. The van der Waals surface area contributed by atoms with E-state index < -0.39 is 0 Å². The molecule has 0 saturated heterocycles. The number of hydrogen-bond donors (Lipinski definition) is 1. The number of amides is 1. The van der Waals surface area contributed by atoms with Crippen molar-refractivity contribution in [3.8, 4) is 5.75 Å². The van der Waals surface area contributed by atoms with E-state index in [-0.39, 0.29) is 5.91 Å². The van der Waals surface area contributed by atoms with Gasteiger partial charge >= 0.3 is 0 Å². The van der Waals surface area contributed by atoms with Gasteiger partial charge in [-0.1, -0.05) is 48.0 Å². The second-order valence-corrected chi connectivity index (χ2v) is 7.72. The molecular weight excluding hydrogens is 380 g/mol. The maximum atomic E-state index is 11.9. The minimum Gasteiger partial charge on any atom is -0.489 e. The summed E-state index contributed by atoms with van der Waals surface area (Å²) in [6.07, 6.45) is 2.05. The second-order valence-electron chi connectivity index (χ2n) is 6.55. The number of rotatable bonds is 9. The van der Waals surface area contributed by atoms with Crippen molar-refractivity contribution in [2.24, 2.45) is 5.10 Å². The number of aryl methyl sites for hydroxylation is 1. The Hall–Kier alpha value is -3.05. The fraction of sp³-hybridized carbons (Fsp3) is 0.167. The highest BCUT2D eigenvalue weighted by molar-refractivity contribution is 7.99. The third-order valence-electron chi connectivity index (χ3n) is 4.15. The maximum absolute atomic E-state index is 11.9. The van der Waals surface area contributed by atoms with Crippen molar-refractivity contribution in [1.82, 2.24) is 5.43 Å². The fourth-order valence-electron chi connectivity index (χ4n) is 2.51. The summed E-state index contributed by atoms with van der Waals surface area (Å²) < 4.78 is 5.79. The van der Waals surface area contributed by atoms with Gasteiger partial charge in [0.15, 0.2) is 0 Å². The SMILES string of the molecule is Cc1ccc(COc2ccc(/C=N\NC(=O)CCSc3ccccc3)cc2)cc1. The number of hydrogen-bond acceptors (Lipinski definition) is 4. The average Bonchev–Trinajstić information content (AvgIpc) is 2.75. The van der Waals surface area contributed by atoms with E-state index in [9.17, 15) is 4.79 Å². The molecule has 0 aliphatic heterocycles. The molecule has 0 saturated carbocycles. The predicted octanol–water partition coefficient (Wildman–Crippen LogP) is 5.21. The van der Waals surface area contributed by atoms with Gasteiger partial charge in [0.2, 0.25) is 5.91 Å². The van der Waals surface area contributed by atoms with Crippen molar-refractivity contribution in [3.63, 3.8) is 0 Å². The van der Waals surface area contributed by atoms with Gasteiger partial charge in [-0.15, -0.1) is 11.8 Å². The summed E-state index contributed by atoms with van der Waals surface area (Å²) in [6.45, 7) is 2.60. The van der Waals surface area contributed by atoms with Crippen molar-refractivity contribution < 1.29 is 9.53 Å². The smallest absolute Gasteiger partial charge is 0.240 e. The molecule has 0 spiro atoms. The third-order valence-corrected chi connectivity index (χ3v) is 5.16. The molecule has 148 valence electrons. The maximum Gasteiger partial charge on any atom is 0.240 e. The Balaban J connectivity index is 1.37. The quantitative estimate of drug-likeness (QED) is 0.303. The monoisotopic (exact) mass is 404 g/mol. The number of hydrazone groups is 1. The van der Waals surface area contributed by atoms with E-state index in [0.29, 0.717) is 13.0 Å². The minimum atomic E-state index is -0.0947. The van der Waals surface area contributed by atoms with Gasteiger partial charge in [0.05, 0.1) is 6.21 Å². The van der Waals surface area contributed by atoms with E-state index in [1.54, 1.807) is 18.0 Å². The highest BCUT2D eigenvalue weighted by atomic mass is 32.2. The fourth-order valence-corrected chi connectivity index (χ4v) is 3.39. The largest absolute Gasteiger partial charge is 0.489 e. The number of benzene rings is 3. The van der Waals surface area contributed by atoms with Crippen molar-refractivity contribution in [1.29, 1.82) is 0 Å². The first-order chi connectivity index (χ1) is 14.2. The van der Waals surface area contributed by atoms with E-state index in [1.165, 1.54) is 5.56 Å². The van der Waals surface area contributed by atoms with E-state index in [4.69, 9.17) is 4.74 Å². The van der Waals surface area contributed by atoms with Crippen LogP contribution >= 0.6 is 11.8 Å². The van der Waals surface area contributed by atoms with Crippen LogP contribution in [0.25, 0.3) is 0 Å². The molecule has 3 aromatic rings. The molecule has 0 radical (unpaired) electrons. The van der Waals surface area contributed by atoms with Crippen LogP contribution in [0.3, 0.4) is 0 Å². The van der Waals surface area contributed by atoms with Crippen molar-refractivity contribution in [3.05, 3.63) is 95.6 Å². The molecule has 3 aromatic carbocycles.